The van der Waals surface area contributed by atoms with Crippen LogP contribution in [0.2, 0.25) is 0 Å². The van der Waals surface area contributed by atoms with E-state index in [1.54, 1.807) is 6.20 Å². The largest absolute Gasteiger partial charge is 0.394 e. The van der Waals surface area contributed by atoms with Crippen molar-refractivity contribution in [2.45, 2.75) is 26.8 Å². The average molecular weight is 257 g/mol. The predicted molar refractivity (Wildman–Crippen MR) is 75.7 cm³/mol. The van der Waals surface area contributed by atoms with E-state index in [-0.39, 0.29) is 6.61 Å². The number of aryl methyl sites for hydroxylation is 3. The van der Waals surface area contributed by atoms with Crippen LogP contribution in [0.15, 0.2) is 24.4 Å². The Labute approximate surface area is 113 Å². The maximum atomic E-state index is 9.08. The van der Waals surface area contributed by atoms with Crippen molar-refractivity contribution in [3.05, 3.63) is 46.9 Å². The van der Waals surface area contributed by atoms with Crippen LogP contribution in [-0.2, 0) is 0 Å². The SMILES string of the molecule is Cc1cc(C)c(-c2ccnc(C(N)CO)n2)cc1C. The fraction of sp³-hybridized carbons (Fsp3) is 0.333. The van der Waals surface area contributed by atoms with Crippen molar-refractivity contribution >= 4 is 0 Å². The van der Waals surface area contributed by atoms with Gasteiger partial charge >= 0.3 is 0 Å². The number of hydrogen-bond donors (Lipinski definition) is 2. The number of hydrogen-bond acceptors (Lipinski definition) is 4. The molecule has 1 aromatic carbocycles. The van der Waals surface area contributed by atoms with Crippen LogP contribution in [0.5, 0.6) is 0 Å². The molecule has 0 spiro atoms. The van der Waals surface area contributed by atoms with Crippen molar-refractivity contribution in [2.75, 3.05) is 6.61 Å². The Hall–Kier alpha value is -1.78. The molecule has 0 aliphatic heterocycles. The minimum Gasteiger partial charge on any atom is -0.394 e. The van der Waals surface area contributed by atoms with E-state index in [1.165, 1.54) is 16.7 Å². The lowest BCUT2D eigenvalue weighted by atomic mass is 9.98. The molecule has 0 saturated carbocycles. The summed E-state index contributed by atoms with van der Waals surface area (Å²) in [5, 5.41) is 9.08. The first-order chi connectivity index (χ1) is 9.02. The molecule has 100 valence electrons. The Morgan fingerprint density at radius 2 is 1.84 bits per heavy atom. The summed E-state index contributed by atoms with van der Waals surface area (Å²) in [7, 11) is 0. The lowest BCUT2D eigenvalue weighted by Gasteiger charge is -2.12. The summed E-state index contributed by atoms with van der Waals surface area (Å²) in [5.74, 6) is 0.470. The van der Waals surface area contributed by atoms with Crippen molar-refractivity contribution in [1.82, 2.24) is 9.97 Å². The summed E-state index contributed by atoms with van der Waals surface area (Å²) < 4.78 is 0. The molecule has 0 bridgehead atoms. The number of aromatic nitrogens is 2. The van der Waals surface area contributed by atoms with Crippen LogP contribution in [0, 0.1) is 20.8 Å². The molecule has 4 nitrogen and oxygen atoms in total. The van der Waals surface area contributed by atoms with Crippen LogP contribution >= 0.6 is 0 Å². The van der Waals surface area contributed by atoms with Crippen LogP contribution in [-0.4, -0.2) is 21.7 Å². The average Bonchev–Trinajstić information content (AvgIpc) is 2.42. The number of nitrogens with two attached hydrogens (primary N) is 1. The molecule has 0 aliphatic carbocycles. The van der Waals surface area contributed by atoms with E-state index in [2.05, 4.69) is 42.9 Å². The maximum absolute atomic E-state index is 9.08. The van der Waals surface area contributed by atoms with Gasteiger partial charge in [-0.25, -0.2) is 9.97 Å². The minimum atomic E-state index is -0.535. The van der Waals surface area contributed by atoms with Crippen LogP contribution in [0.3, 0.4) is 0 Å². The van der Waals surface area contributed by atoms with Gasteiger partial charge in [0.2, 0.25) is 0 Å². The standard InChI is InChI=1S/C15H19N3O/c1-9-6-11(3)12(7-10(9)2)14-4-5-17-15(18-14)13(16)8-19/h4-7,13,19H,8,16H2,1-3H3. The smallest absolute Gasteiger partial charge is 0.147 e. The Morgan fingerprint density at radius 1 is 1.16 bits per heavy atom. The molecule has 0 aliphatic rings. The molecule has 2 aromatic rings. The molecule has 2 rings (SSSR count). The lowest BCUT2D eigenvalue weighted by Crippen LogP contribution is -2.17. The van der Waals surface area contributed by atoms with Gasteiger partial charge < -0.3 is 10.8 Å². The summed E-state index contributed by atoms with van der Waals surface area (Å²) in [6, 6.07) is 5.61. The van der Waals surface area contributed by atoms with Crippen molar-refractivity contribution in [2.24, 2.45) is 5.73 Å². The van der Waals surface area contributed by atoms with Crippen molar-refractivity contribution in [3.63, 3.8) is 0 Å². The van der Waals surface area contributed by atoms with E-state index < -0.39 is 6.04 Å². The maximum Gasteiger partial charge on any atom is 0.147 e. The summed E-state index contributed by atoms with van der Waals surface area (Å²) in [6.45, 7) is 6.09. The van der Waals surface area contributed by atoms with Crippen LogP contribution < -0.4 is 5.73 Å². The molecule has 19 heavy (non-hydrogen) atoms. The van der Waals surface area contributed by atoms with Crippen LogP contribution in [0.1, 0.15) is 28.6 Å². The van der Waals surface area contributed by atoms with Gasteiger partial charge in [0.15, 0.2) is 0 Å². The van der Waals surface area contributed by atoms with E-state index in [4.69, 9.17) is 10.8 Å². The zero-order valence-corrected chi connectivity index (χ0v) is 11.5. The molecule has 4 heteroatoms. The summed E-state index contributed by atoms with van der Waals surface area (Å²) in [6.07, 6.45) is 1.68. The van der Waals surface area contributed by atoms with Crippen LogP contribution in [0.4, 0.5) is 0 Å². The third kappa shape index (κ3) is 2.80. The second-order valence-corrected chi connectivity index (χ2v) is 4.84. The molecule has 0 saturated heterocycles. The molecule has 0 fully saturated rings. The first-order valence-electron chi connectivity index (χ1n) is 6.30. The molecule has 1 aromatic heterocycles. The van der Waals surface area contributed by atoms with Gasteiger partial charge in [0.05, 0.1) is 18.3 Å². The molecule has 1 unspecified atom stereocenters. The fourth-order valence-electron chi connectivity index (χ4n) is 2.02. The first-order valence-corrected chi connectivity index (χ1v) is 6.30. The highest BCUT2D eigenvalue weighted by molar-refractivity contribution is 5.65. The van der Waals surface area contributed by atoms with Gasteiger partial charge in [-0.2, -0.15) is 0 Å². The van der Waals surface area contributed by atoms with E-state index in [1.807, 2.05) is 6.07 Å². The van der Waals surface area contributed by atoms with Gasteiger partial charge in [0, 0.05) is 11.8 Å². The highest BCUT2D eigenvalue weighted by Crippen LogP contribution is 2.25. The van der Waals surface area contributed by atoms with Gasteiger partial charge in [0.1, 0.15) is 5.82 Å². The number of benzene rings is 1. The van der Waals surface area contributed by atoms with E-state index in [9.17, 15) is 0 Å². The Morgan fingerprint density at radius 3 is 2.53 bits per heavy atom. The molecule has 1 heterocycles. The Bertz CT molecular complexity index is 596. The second kappa shape index (κ2) is 5.47. The van der Waals surface area contributed by atoms with Gasteiger partial charge in [-0.1, -0.05) is 6.07 Å². The lowest BCUT2D eigenvalue weighted by molar-refractivity contribution is 0.263. The molecule has 3 N–H and O–H groups in total. The molecular weight excluding hydrogens is 238 g/mol. The second-order valence-electron chi connectivity index (χ2n) is 4.84. The van der Waals surface area contributed by atoms with E-state index >= 15 is 0 Å². The number of aliphatic hydroxyl groups excluding tert-OH is 1. The third-order valence-electron chi connectivity index (χ3n) is 3.32. The number of rotatable bonds is 3. The predicted octanol–water partition coefficient (Wildman–Crippen LogP) is 2.06. The van der Waals surface area contributed by atoms with Crippen LogP contribution in [0.25, 0.3) is 11.3 Å². The quantitative estimate of drug-likeness (QED) is 0.882. The summed E-state index contributed by atoms with van der Waals surface area (Å²) in [5.41, 5.74) is 11.3. The highest BCUT2D eigenvalue weighted by Gasteiger charge is 2.11. The molecule has 0 radical (unpaired) electrons. The van der Waals surface area contributed by atoms with Gasteiger partial charge in [-0.15, -0.1) is 0 Å². The van der Waals surface area contributed by atoms with Crippen molar-refractivity contribution in [3.8, 4) is 11.3 Å². The highest BCUT2D eigenvalue weighted by atomic mass is 16.3. The zero-order chi connectivity index (χ0) is 14.0. The molecular formula is C15H19N3O. The molecule has 1 atom stereocenters. The Balaban J connectivity index is 2.50. The number of nitrogens with zero attached hydrogens (tertiary/aromatic N) is 2. The monoisotopic (exact) mass is 257 g/mol. The van der Waals surface area contributed by atoms with E-state index in [0.717, 1.165) is 11.3 Å². The normalized spacial score (nSPS) is 12.5. The van der Waals surface area contributed by atoms with Gasteiger partial charge in [-0.05, 0) is 49.6 Å². The Kier molecular flexibility index (Phi) is 3.93. The molecule has 0 amide bonds. The van der Waals surface area contributed by atoms with Gasteiger partial charge in [-0.3, -0.25) is 0 Å². The topological polar surface area (TPSA) is 72.0 Å². The fourth-order valence-corrected chi connectivity index (χ4v) is 2.02. The number of aliphatic hydroxyl groups is 1. The van der Waals surface area contributed by atoms with Crippen molar-refractivity contribution < 1.29 is 5.11 Å². The zero-order valence-electron chi connectivity index (χ0n) is 11.5. The van der Waals surface area contributed by atoms with Crippen molar-refractivity contribution in [1.29, 1.82) is 0 Å². The minimum absolute atomic E-state index is 0.157. The van der Waals surface area contributed by atoms with E-state index in [0.29, 0.717) is 5.82 Å². The summed E-state index contributed by atoms with van der Waals surface area (Å²) >= 11 is 0. The third-order valence-corrected chi connectivity index (χ3v) is 3.32. The summed E-state index contributed by atoms with van der Waals surface area (Å²) in [4.78, 5) is 8.56. The first kappa shape index (κ1) is 13.6. The van der Waals surface area contributed by atoms with Gasteiger partial charge in [0.25, 0.3) is 0 Å².